The fourth-order valence-corrected chi connectivity index (χ4v) is 3.19. The number of amides is 4. The van der Waals surface area contributed by atoms with Gasteiger partial charge in [-0.2, -0.15) is 0 Å². The van der Waals surface area contributed by atoms with Gasteiger partial charge in [-0.05, 0) is 48.8 Å². The quantitative estimate of drug-likeness (QED) is 0.825. The summed E-state index contributed by atoms with van der Waals surface area (Å²) in [6, 6.07) is 7.11. The van der Waals surface area contributed by atoms with Gasteiger partial charge in [0.25, 0.3) is 5.91 Å². The summed E-state index contributed by atoms with van der Waals surface area (Å²) in [4.78, 5) is 37.9. The average Bonchev–Trinajstić information content (AvgIpc) is 3.33. The van der Waals surface area contributed by atoms with Gasteiger partial charge in [0.2, 0.25) is 5.91 Å². The molecule has 1 aromatic rings. The Balaban J connectivity index is 1.63. The van der Waals surface area contributed by atoms with Crippen LogP contribution in [-0.2, 0) is 15.0 Å². The van der Waals surface area contributed by atoms with Crippen molar-refractivity contribution in [3.8, 4) is 0 Å². The molecule has 1 saturated carbocycles. The number of hydrogen-bond acceptors (Lipinski definition) is 3. The van der Waals surface area contributed by atoms with E-state index in [0.717, 1.165) is 17.7 Å². The molecule has 1 saturated heterocycles. The predicted molar refractivity (Wildman–Crippen MR) is 95.1 cm³/mol. The maximum atomic E-state index is 12.5. The summed E-state index contributed by atoms with van der Waals surface area (Å²) in [5, 5.41) is 5.49. The van der Waals surface area contributed by atoms with Gasteiger partial charge in [-0.25, -0.2) is 4.79 Å². The number of carbonyl (C=O) groups is 3. The molecule has 1 heterocycles. The second kappa shape index (κ2) is 5.86. The minimum atomic E-state index is -0.855. The Labute approximate surface area is 148 Å². The molecule has 134 valence electrons. The third kappa shape index (κ3) is 3.38. The third-order valence-corrected chi connectivity index (χ3v) is 5.03. The zero-order valence-electron chi connectivity index (χ0n) is 15.2. The van der Waals surface area contributed by atoms with Crippen LogP contribution in [0.25, 0.3) is 0 Å². The SMILES string of the molecule is CC(C)(C)c1ccc(NC(=O)CN2C(=O)N[C@](C)(C3CC3)C2=O)cc1. The number of nitrogens with zero attached hydrogens (tertiary/aromatic N) is 1. The molecule has 2 aliphatic rings. The van der Waals surface area contributed by atoms with Crippen molar-refractivity contribution in [1.82, 2.24) is 10.2 Å². The van der Waals surface area contributed by atoms with Gasteiger partial charge in [0, 0.05) is 5.69 Å². The molecule has 1 atom stereocenters. The van der Waals surface area contributed by atoms with Gasteiger partial charge in [-0.15, -0.1) is 0 Å². The fraction of sp³-hybridized carbons (Fsp3) is 0.526. The first-order chi connectivity index (χ1) is 11.6. The van der Waals surface area contributed by atoms with Crippen LogP contribution in [-0.4, -0.2) is 34.8 Å². The summed E-state index contributed by atoms with van der Waals surface area (Å²) in [6.07, 6.45) is 1.87. The Hall–Kier alpha value is -2.37. The number of carbonyl (C=O) groups excluding carboxylic acids is 3. The van der Waals surface area contributed by atoms with Crippen LogP contribution in [0.15, 0.2) is 24.3 Å². The molecule has 25 heavy (non-hydrogen) atoms. The van der Waals surface area contributed by atoms with Crippen LogP contribution in [0.3, 0.4) is 0 Å². The molecule has 0 spiro atoms. The zero-order valence-corrected chi connectivity index (χ0v) is 15.2. The second-order valence-electron chi connectivity index (χ2n) is 8.17. The summed E-state index contributed by atoms with van der Waals surface area (Å²) in [7, 11) is 0. The lowest BCUT2D eigenvalue weighted by Gasteiger charge is -2.21. The van der Waals surface area contributed by atoms with Crippen molar-refractivity contribution < 1.29 is 14.4 Å². The molecule has 0 radical (unpaired) electrons. The van der Waals surface area contributed by atoms with Crippen LogP contribution in [0.1, 0.15) is 46.1 Å². The van der Waals surface area contributed by atoms with Crippen molar-refractivity contribution in [2.45, 2.75) is 51.5 Å². The van der Waals surface area contributed by atoms with Gasteiger partial charge in [-0.3, -0.25) is 14.5 Å². The van der Waals surface area contributed by atoms with E-state index in [1.54, 1.807) is 6.92 Å². The predicted octanol–water partition coefficient (Wildman–Crippen LogP) is 2.64. The van der Waals surface area contributed by atoms with E-state index in [1.807, 2.05) is 24.3 Å². The first-order valence-electron chi connectivity index (χ1n) is 8.66. The lowest BCUT2D eigenvalue weighted by molar-refractivity contribution is -0.134. The molecular weight excluding hydrogens is 318 g/mol. The van der Waals surface area contributed by atoms with E-state index >= 15 is 0 Å². The van der Waals surface area contributed by atoms with Crippen molar-refractivity contribution in [1.29, 1.82) is 0 Å². The largest absolute Gasteiger partial charge is 0.325 e. The molecule has 1 aromatic carbocycles. The van der Waals surface area contributed by atoms with Gasteiger partial charge < -0.3 is 10.6 Å². The number of hydrogen-bond donors (Lipinski definition) is 2. The molecule has 1 aliphatic heterocycles. The van der Waals surface area contributed by atoms with Crippen molar-refractivity contribution in [3.05, 3.63) is 29.8 Å². The van der Waals surface area contributed by atoms with E-state index < -0.39 is 11.6 Å². The van der Waals surface area contributed by atoms with Gasteiger partial charge in [-0.1, -0.05) is 32.9 Å². The summed E-state index contributed by atoms with van der Waals surface area (Å²) in [6.45, 7) is 7.83. The van der Waals surface area contributed by atoms with E-state index in [2.05, 4.69) is 31.4 Å². The highest BCUT2D eigenvalue weighted by molar-refractivity contribution is 6.10. The van der Waals surface area contributed by atoms with E-state index in [0.29, 0.717) is 5.69 Å². The molecule has 1 aliphatic carbocycles. The molecule has 0 aromatic heterocycles. The van der Waals surface area contributed by atoms with E-state index in [9.17, 15) is 14.4 Å². The molecule has 6 nitrogen and oxygen atoms in total. The zero-order chi connectivity index (χ0) is 18.4. The van der Waals surface area contributed by atoms with Gasteiger partial charge in [0.1, 0.15) is 12.1 Å². The van der Waals surface area contributed by atoms with Crippen molar-refractivity contribution in [3.63, 3.8) is 0 Å². The fourth-order valence-electron chi connectivity index (χ4n) is 3.19. The monoisotopic (exact) mass is 343 g/mol. The van der Waals surface area contributed by atoms with Crippen molar-refractivity contribution in [2.24, 2.45) is 5.92 Å². The molecule has 0 bridgehead atoms. The maximum absolute atomic E-state index is 12.5. The molecule has 0 unspecified atom stereocenters. The number of imide groups is 1. The Morgan fingerprint density at radius 3 is 2.36 bits per heavy atom. The molecule has 2 N–H and O–H groups in total. The number of urea groups is 1. The smallest absolute Gasteiger partial charge is 0.325 e. The van der Waals surface area contributed by atoms with Gasteiger partial charge in [0.05, 0.1) is 0 Å². The standard InChI is InChI=1S/C19H25N3O3/c1-18(2,3)12-7-9-14(10-8-12)20-15(23)11-22-16(24)19(4,13-5-6-13)21-17(22)25/h7-10,13H,5-6,11H2,1-4H3,(H,20,23)(H,21,25)/t19-/m1/s1. The highest BCUT2D eigenvalue weighted by Crippen LogP contribution is 2.42. The van der Waals surface area contributed by atoms with Crippen LogP contribution in [0.2, 0.25) is 0 Å². The molecule has 4 amide bonds. The normalized spacial score (nSPS) is 23.6. The van der Waals surface area contributed by atoms with E-state index in [-0.39, 0.29) is 29.7 Å². The van der Waals surface area contributed by atoms with Crippen molar-refractivity contribution >= 4 is 23.5 Å². The minimum absolute atomic E-state index is 0.0376. The summed E-state index contributed by atoms with van der Waals surface area (Å²) < 4.78 is 0. The minimum Gasteiger partial charge on any atom is -0.325 e. The molecule has 3 rings (SSSR count). The van der Waals surface area contributed by atoms with E-state index in [4.69, 9.17) is 0 Å². The Bertz CT molecular complexity index is 716. The van der Waals surface area contributed by atoms with Gasteiger partial charge >= 0.3 is 6.03 Å². The molecule has 6 heteroatoms. The van der Waals surface area contributed by atoms with Crippen molar-refractivity contribution in [2.75, 3.05) is 11.9 Å². The lowest BCUT2D eigenvalue weighted by atomic mass is 9.87. The maximum Gasteiger partial charge on any atom is 0.325 e. The number of anilines is 1. The summed E-state index contributed by atoms with van der Waals surface area (Å²) >= 11 is 0. The van der Waals surface area contributed by atoms with Crippen LogP contribution in [0.4, 0.5) is 10.5 Å². The number of benzene rings is 1. The van der Waals surface area contributed by atoms with Crippen LogP contribution < -0.4 is 10.6 Å². The first-order valence-corrected chi connectivity index (χ1v) is 8.66. The van der Waals surface area contributed by atoms with E-state index in [1.165, 1.54) is 5.56 Å². The average molecular weight is 343 g/mol. The topological polar surface area (TPSA) is 78.5 Å². The highest BCUT2D eigenvalue weighted by atomic mass is 16.2. The molecular formula is C19H25N3O3. The summed E-state index contributed by atoms with van der Waals surface area (Å²) in [5.41, 5.74) is 0.997. The highest BCUT2D eigenvalue weighted by Gasteiger charge is 2.56. The van der Waals surface area contributed by atoms with Crippen LogP contribution >= 0.6 is 0 Å². The third-order valence-electron chi connectivity index (χ3n) is 5.03. The van der Waals surface area contributed by atoms with Gasteiger partial charge in [0.15, 0.2) is 0 Å². The summed E-state index contributed by atoms with van der Waals surface area (Å²) in [5.74, 6) is -0.507. The lowest BCUT2D eigenvalue weighted by Crippen LogP contribution is -2.46. The Kier molecular flexibility index (Phi) is 4.09. The Morgan fingerprint density at radius 1 is 1.24 bits per heavy atom. The number of rotatable bonds is 4. The Morgan fingerprint density at radius 2 is 1.84 bits per heavy atom. The second-order valence-corrected chi connectivity index (χ2v) is 8.17. The van der Waals surface area contributed by atoms with Crippen LogP contribution in [0, 0.1) is 5.92 Å². The first kappa shape index (κ1) is 17.5. The number of nitrogens with one attached hydrogen (secondary N) is 2. The van der Waals surface area contributed by atoms with Crippen LogP contribution in [0.5, 0.6) is 0 Å². The molecule has 2 fully saturated rings.